The van der Waals surface area contributed by atoms with E-state index in [0.717, 1.165) is 28.5 Å². The van der Waals surface area contributed by atoms with Gasteiger partial charge in [0.05, 0.1) is 11.4 Å². The van der Waals surface area contributed by atoms with Crippen molar-refractivity contribution in [3.8, 4) is 0 Å². The standard InChI is InChI=1S/2C8H10.2C7H9N.C6H8N2/c1-7-3-5-8(2)6-4-7;1-7-4-3-5-8(2)6-7;1-6-3-4-7(2)8-5-6;1-6-4-3-5-7(2)8-6;1-5-3-8-6(2)4-7-5/h2*3-6H,1-2H3;2*3-5H,1-2H3;3-4H,1-2H3. The van der Waals surface area contributed by atoms with Gasteiger partial charge in [0.1, 0.15) is 0 Å². The molecule has 210 valence electrons. The van der Waals surface area contributed by atoms with Gasteiger partial charge in [0, 0.05) is 35.7 Å². The Morgan fingerprint density at radius 3 is 1.00 bits per heavy atom. The Hall–Kier alpha value is -4.18. The van der Waals surface area contributed by atoms with E-state index in [1.807, 2.05) is 72.0 Å². The number of benzene rings is 2. The van der Waals surface area contributed by atoms with Crippen LogP contribution in [-0.4, -0.2) is 19.9 Å². The molecule has 0 spiro atoms. The highest BCUT2D eigenvalue weighted by molar-refractivity contribution is 5.20. The summed E-state index contributed by atoms with van der Waals surface area (Å²) < 4.78 is 0. The van der Waals surface area contributed by atoms with Gasteiger partial charge in [-0.05, 0) is 93.0 Å². The van der Waals surface area contributed by atoms with Crippen LogP contribution in [0.5, 0.6) is 0 Å². The molecule has 3 heterocycles. The van der Waals surface area contributed by atoms with E-state index < -0.39 is 0 Å². The third-order valence-corrected chi connectivity index (χ3v) is 5.39. The van der Waals surface area contributed by atoms with E-state index >= 15 is 0 Å². The normalized spacial score (nSPS) is 9.25. The van der Waals surface area contributed by atoms with Gasteiger partial charge in [0.15, 0.2) is 0 Å². The number of hydrogen-bond acceptors (Lipinski definition) is 4. The lowest BCUT2D eigenvalue weighted by Crippen LogP contribution is -1.84. The van der Waals surface area contributed by atoms with Gasteiger partial charge in [-0.25, -0.2) is 0 Å². The van der Waals surface area contributed by atoms with Crippen molar-refractivity contribution in [2.75, 3.05) is 0 Å². The summed E-state index contributed by atoms with van der Waals surface area (Å²) in [6.07, 6.45) is 5.39. The zero-order valence-electron chi connectivity index (χ0n) is 26.0. The molecule has 2 aromatic carbocycles. The van der Waals surface area contributed by atoms with Crippen LogP contribution in [0.4, 0.5) is 0 Å². The van der Waals surface area contributed by atoms with E-state index in [2.05, 4.69) is 102 Å². The van der Waals surface area contributed by atoms with Gasteiger partial charge >= 0.3 is 0 Å². The molecule has 0 N–H and O–H groups in total. The minimum atomic E-state index is 0.968. The molecule has 0 radical (unpaired) electrons. The average Bonchev–Trinajstić information content (AvgIpc) is 2.91. The number of aryl methyl sites for hydroxylation is 10. The molecule has 0 aliphatic heterocycles. The molecule has 0 saturated carbocycles. The molecular formula is C36H46N4. The van der Waals surface area contributed by atoms with Gasteiger partial charge in [0.25, 0.3) is 0 Å². The molecule has 0 aliphatic rings. The molecule has 40 heavy (non-hydrogen) atoms. The molecule has 5 aromatic rings. The summed E-state index contributed by atoms with van der Waals surface area (Å²) in [6.45, 7) is 20.3. The minimum Gasteiger partial charge on any atom is -0.261 e. The first-order chi connectivity index (χ1) is 18.9. The second-order valence-electron chi connectivity index (χ2n) is 10.0. The molecule has 0 amide bonds. The molecule has 0 unspecified atom stereocenters. The maximum absolute atomic E-state index is 4.17. The maximum Gasteiger partial charge on any atom is 0.0555 e. The molecule has 3 aromatic heterocycles. The van der Waals surface area contributed by atoms with Crippen molar-refractivity contribution >= 4 is 0 Å². The molecule has 4 heteroatoms. The number of nitrogens with zero attached hydrogens (tertiary/aromatic N) is 4. The number of hydrogen-bond donors (Lipinski definition) is 0. The van der Waals surface area contributed by atoms with Crippen molar-refractivity contribution in [1.82, 2.24) is 19.9 Å². The van der Waals surface area contributed by atoms with Gasteiger partial charge in [-0.15, -0.1) is 0 Å². The summed E-state index contributed by atoms with van der Waals surface area (Å²) in [6, 6.07) is 27.0. The van der Waals surface area contributed by atoms with Crippen LogP contribution >= 0.6 is 0 Å². The van der Waals surface area contributed by atoms with Crippen molar-refractivity contribution in [3.63, 3.8) is 0 Å². The first kappa shape index (κ1) is 33.8. The summed E-state index contributed by atoms with van der Waals surface area (Å²) in [7, 11) is 0. The Morgan fingerprint density at radius 1 is 0.325 bits per heavy atom. The molecule has 0 atom stereocenters. The van der Waals surface area contributed by atoms with Gasteiger partial charge in [0.2, 0.25) is 0 Å². The molecule has 0 saturated heterocycles. The van der Waals surface area contributed by atoms with E-state index in [9.17, 15) is 0 Å². The molecule has 4 nitrogen and oxygen atoms in total. The molecule has 0 fully saturated rings. The minimum absolute atomic E-state index is 0.968. The number of aromatic nitrogens is 4. The fraction of sp³-hybridized carbons (Fsp3) is 0.278. The predicted molar refractivity (Wildman–Crippen MR) is 171 cm³/mol. The van der Waals surface area contributed by atoms with E-state index in [4.69, 9.17) is 0 Å². The summed E-state index contributed by atoms with van der Waals surface area (Å²) in [5, 5.41) is 0. The predicted octanol–water partition coefficient (Wildman–Crippen LogP) is 9.10. The molecule has 0 aliphatic carbocycles. The number of rotatable bonds is 0. The fourth-order valence-corrected chi connectivity index (χ4v) is 3.12. The Bertz CT molecular complexity index is 1110. The van der Waals surface area contributed by atoms with Crippen molar-refractivity contribution in [2.45, 2.75) is 69.2 Å². The van der Waals surface area contributed by atoms with Gasteiger partial charge in [-0.2, -0.15) is 0 Å². The van der Waals surface area contributed by atoms with E-state index in [-0.39, 0.29) is 0 Å². The highest BCUT2D eigenvalue weighted by Gasteiger charge is 1.84. The quantitative estimate of drug-likeness (QED) is 0.199. The molecular weight excluding hydrogens is 488 g/mol. The van der Waals surface area contributed by atoms with Crippen LogP contribution in [0, 0.1) is 69.2 Å². The summed E-state index contributed by atoms with van der Waals surface area (Å²) in [4.78, 5) is 16.3. The van der Waals surface area contributed by atoms with E-state index in [1.165, 1.54) is 27.8 Å². The third-order valence-electron chi connectivity index (χ3n) is 5.39. The van der Waals surface area contributed by atoms with Crippen LogP contribution in [0.15, 0.2) is 97.5 Å². The zero-order chi connectivity index (χ0) is 29.9. The second-order valence-corrected chi connectivity index (χ2v) is 10.0. The maximum atomic E-state index is 4.17. The number of pyridine rings is 2. The lowest BCUT2D eigenvalue weighted by atomic mass is 10.2. The Labute approximate surface area is 242 Å². The van der Waals surface area contributed by atoms with Gasteiger partial charge in [-0.1, -0.05) is 82.9 Å². The van der Waals surface area contributed by atoms with Crippen LogP contribution in [0.25, 0.3) is 0 Å². The average molecular weight is 535 g/mol. The Morgan fingerprint density at radius 2 is 0.725 bits per heavy atom. The lowest BCUT2D eigenvalue weighted by molar-refractivity contribution is 1.06. The first-order valence-electron chi connectivity index (χ1n) is 13.6. The van der Waals surface area contributed by atoms with Crippen LogP contribution in [0.1, 0.15) is 56.3 Å². The molecule has 0 bridgehead atoms. The van der Waals surface area contributed by atoms with Gasteiger partial charge in [-0.3, -0.25) is 19.9 Å². The fourth-order valence-electron chi connectivity index (χ4n) is 3.12. The summed E-state index contributed by atoms with van der Waals surface area (Å²) >= 11 is 0. The van der Waals surface area contributed by atoms with E-state index in [0.29, 0.717) is 0 Å². The SMILES string of the molecule is Cc1ccc(C)cc1.Cc1ccc(C)nc1.Cc1cccc(C)c1.Cc1cccc(C)n1.Cc1cnc(C)cn1. The topological polar surface area (TPSA) is 51.6 Å². The van der Waals surface area contributed by atoms with Crippen LogP contribution in [-0.2, 0) is 0 Å². The summed E-state index contributed by atoms with van der Waals surface area (Å²) in [5.74, 6) is 0. The molecule has 5 rings (SSSR count). The zero-order valence-corrected chi connectivity index (χ0v) is 26.0. The van der Waals surface area contributed by atoms with Crippen LogP contribution in [0.2, 0.25) is 0 Å². The van der Waals surface area contributed by atoms with Crippen LogP contribution in [0.3, 0.4) is 0 Å². The monoisotopic (exact) mass is 534 g/mol. The highest BCUT2D eigenvalue weighted by Crippen LogP contribution is 2.01. The second kappa shape index (κ2) is 19.0. The van der Waals surface area contributed by atoms with Crippen LogP contribution < -0.4 is 0 Å². The van der Waals surface area contributed by atoms with Crippen molar-refractivity contribution in [2.24, 2.45) is 0 Å². The van der Waals surface area contributed by atoms with Crippen molar-refractivity contribution in [1.29, 1.82) is 0 Å². The van der Waals surface area contributed by atoms with Crippen molar-refractivity contribution < 1.29 is 0 Å². The van der Waals surface area contributed by atoms with Gasteiger partial charge < -0.3 is 0 Å². The van der Waals surface area contributed by atoms with Crippen molar-refractivity contribution in [3.05, 3.63) is 154 Å². The largest absolute Gasteiger partial charge is 0.261 e. The first-order valence-corrected chi connectivity index (χ1v) is 13.6. The highest BCUT2D eigenvalue weighted by atomic mass is 14.8. The Kier molecular flexibility index (Phi) is 16.1. The Balaban J connectivity index is 0.000000250. The third kappa shape index (κ3) is 17.4. The lowest BCUT2D eigenvalue weighted by Gasteiger charge is -1.90. The summed E-state index contributed by atoms with van der Waals surface area (Å²) in [5.41, 5.74) is 11.7. The smallest absolute Gasteiger partial charge is 0.0555 e. The van der Waals surface area contributed by atoms with E-state index in [1.54, 1.807) is 12.4 Å².